The van der Waals surface area contributed by atoms with Crippen molar-refractivity contribution in [3.63, 3.8) is 0 Å². The van der Waals surface area contributed by atoms with Gasteiger partial charge in [0, 0.05) is 17.2 Å². The van der Waals surface area contributed by atoms with Crippen LogP contribution in [-0.2, 0) is 19.1 Å². The van der Waals surface area contributed by atoms with Crippen LogP contribution in [0.3, 0.4) is 0 Å². The minimum absolute atomic E-state index is 0.269. The molecule has 0 bridgehead atoms. The maximum Gasteiger partial charge on any atom is 0.336 e. The molecule has 1 aromatic carbocycles. The molecule has 0 saturated carbocycles. The zero-order valence-electron chi connectivity index (χ0n) is 15.2. The van der Waals surface area contributed by atoms with Crippen LogP contribution in [-0.4, -0.2) is 30.9 Å². The van der Waals surface area contributed by atoms with Gasteiger partial charge >= 0.3 is 11.9 Å². The Labute approximate surface area is 148 Å². The molecule has 0 amide bonds. The summed E-state index contributed by atoms with van der Waals surface area (Å²) in [4.78, 5) is 29.6. The van der Waals surface area contributed by atoms with Crippen molar-refractivity contribution >= 4 is 23.3 Å². The molecule has 2 unspecified atom stereocenters. The third kappa shape index (κ3) is 4.16. The topological polar surface area (TPSA) is 65.0 Å². The van der Waals surface area contributed by atoms with Gasteiger partial charge in [-0.25, -0.2) is 4.79 Å². The molecule has 1 aliphatic heterocycles. The fourth-order valence-electron chi connectivity index (χ4n) is 3.02. The number of carbonyl (C=O) groups excluding carboxylic acids is 2. The van der Waals surface area contributed by atoms with Crippen LogP contribution in [0.1, 0.15) is 39.7 Å². The molecule has 1 aromatic rings. The van der Waals surface area contributed by atoms with Crippen molar-refractivity contribution < 1.29 is 19.1 Å². The van der Waals surface area contributed by atoms with E-state index in [0.717, 1.165) is 12.0 Å². The largest absolute Gasteiger partial charge is 0.465 e. The molecule has 1 heterocycles. The smallest absolute Gasteiger partial charge is 0.336 e. The maximum absolute atomic E-state index is 12.6. The standard InChI is InChI=1S/C20H25NO4/c1-5-12-25-19(22)16-13(3)17(20(23)24-6-2)18(21-14(16)4)15-10-8-7-9-11-15/h7-11,13,16H,5-6,12H2,1-4H3. The van der Waals surface area contributed by atoms with Gasteiger partial charge in [-0.05, 0) is 20.3 Å². The number of ether oxygens (including phenoxy) is 2. The second kappa shape index (κ2) is 8.60. The first-order chi connectivity index (χ1) is 12.0. The second-order valence-electron chi connectivity index (χ2n) is 6.04. The lowest BCUT2D eigenvalue weighted by Gasteiger charge is -2.29. The van der Waals surface area contributed by atoms with Crippen LogP contribution < -0.4 is 0 Å². The Morgan fingerprint density at radius 2 is 1.80 bits per heavy atom. The zero-order valence-corrected chi connectivity index (χ0v) is 15.2. The Morgan fingerprint density at radius 3 is 2.40 bits per heavy atom. The average molecular weight is 343 g/mol. The third-order valence-corrected chi connectivity index (χ3v) is 4.19. The van der Waals surface area contributed by atoms with Crippen molar-refractivity contribution in [3.8, 4) is 0 Å². The van der Waals surface area contributed by atoms with Crippen molar-refractivity contribution in [2.75, 3.05) is 13.2 Å². The molecule has 5 heteroatoms. The number of carbonyl (C=O) groups is 2. The summed E-state index contributed by atoms with van der Waals surface area (Å²) in [7, 11) is 0. The number of rotatable bonds is 6. The van der Waals surface area contributed by atoms with Crippen LogP contribution in [0.25, 0.3) is 5.70 Å². The first-order valence-electron chi connectivity index (χ1n) is 8.69. The summed E-state index contributed by atoms with van der Waals surface area (Å²) < 4.78 is 10.5. The van der Waals surface area contributed by atoms with Gasteiger partial charge in [0.25, 0.3) is 0 Å². The fraction of sp³-hybridized carbons (Fsp3) is 0.450. The Kier molecular flexibility index (Phi) is 6.51. The zero-order chi connectivity index (χ0) is 18.4. The van der Waals surface area contributed by atoms with Crippen molar-refractivity contribution in [1.82, 2.24) is 0 Å². The molecule has 0 spiro atoms. The van der Waals surface area contributed by atoms with Gasteiger partial charge in [-0.3, -0.25) is 9.79 Å². The summed E-state index contributed by atoms with van der Waals surface area (Å²) in [6.07, 6.45) is 0.749. The van der Waals surface area contributed by atoms with E-state index in [4.69, 9.17) is 9.47 Å². The molecule has 0 N–H and O–H groups in total. The number of hydrogen-bond acceptors (Lipinski definition) is 5. The van der Waals surface area contributed by atoms with E-state index in [9.17, 15) is 9.59 Å². The number of aliphatic imine (C=N–C) groups is 1. The molecule has 2 atom stereocenters. The van der Waals surface area contributed by atoms with Crippen LogP contribution >= 0.6 is 0 Å². The van der Waals surface area contributed by atoms with Crippen molar-refractivity contribution in [2.24, 2.45) is 16.8 Å². The summed E-state index contributed by atoms with van der Waals surface area (Å²) in [5.74, 6) is -1.71. The Balaban J connectivity index is 2.49. The van der Waals surface area contributed by atoms with E-state index in [1.165, 1.54) is 0 Å². The van der Waals surface area contributed by atoms with Crippen LogP contribution in [0, 0.1) is 11.8 Å². The summed E-state index contributed by atoms with van der Waals surface area (Å²) in [5, 5.41) is 0. The molecule has 0 saturated heterocycles. The summed E-state index contributed by atoms with van der Waals surface area (Å²) >= 11 is 0. The lowest BCUT2D eigenvalue weighted by molar-refractivity contribution is -0.147. The van der Waals surface area contributed by atoms with E-state index in [-0.39, 0.29) is 18.5 Å². The molecule has 1 aliphatic rings. The van der Waals surface area contributed by atoms with Crippen LogP contribution in [0.2, 0.25) is 0 Å². The number of esters is 2. The Morgan fingerprint density at radius 1 is 1.12 bits per heavy atom. The fourth-order valence-corrected chi connectivity index (χ4v) is 3.02. The van der Waals surface area contributed by atoms with Gasteiger partial charge < -0.3 is 9.47 Å². The quantitative estimate of drug-likeness (QED) is 0.740. The number of nitrogens with zero attached hydrogens (tertiary/aromatic N) is 1. The second-order valence-corrected chi connectivity index (χ2v) is 6.04. The minimum Gasteiger partial charge on any atom is -0.465 e. The van der Waals surface area contributed by atoms with E-state index in [1.54, 1.807) is 13.8 Å². The van der Waals surface area contributed by atoms with Crippen molar-refractivity contribution in [3.05, 3.63) is 41.5 Å². The lowest BCUT2D eigenvalue weighted by Crippen LogP contribution is -2.36. The molecule has 0 aliphatic carbocycles. The predicted octanol–water partition coefficient (Wildman–Crippen LogP) is 3.64. The van der Waals surface area contributed by atoms with Gasteiger partial charge in [0.1, 0.15) is 5.92 Å². The van der Waals surface area contributed by atoms with Gasteiger partial charge in [-0.15, -0.1) is 0 Å². The maximum atomic E-state index is 12.6. The molecular formula is C20H25NO4. The highest BCUT2D eigenvalue weighted by atomic mass is 16.5. The summed E-state index contributed by atoms with van der Waals surface area (Å²) in [5.41, 5.74) is 2.48. The molecule has 5 nitrogen and oxygen atoms in total. The molecular weight excluding hydrogens is 318 g/mol. The van der Waals surface area contributed by atoms with Crippen LogP contribution in [0.5, 0.6) is 0 Å². The van der Waals surface area contributed by atoms with Gasteiger partial charge in [-0.2, -0.15) is 0 Å². The third-order valence-electron chi connectivity index (χ3n) is 4.19. The lowest BCUT2D eigenvalue weighted by atomic mass is 9.80. The van der Waals surface area contributed by atoms with Crippen LogP contribution in [0.15, 0.2) is 40.9 Å². The van der Waals surface area contributed by atoms with E-state index in [2.05, 4.69) is 4.99 Å². The van der Waals surface area contributed by atoms with E-state index < -0.39 is 11.9 Å². The highest BCUT2D eigenvalue weighted by molar-refractivity contribution is 6.10. The molecule has 2 rings (SSSR count). The van der Waals surface area contributed by atoms with E-state index in [0.29, 0.717) is 23.6 Å². The first-order valence-corrected chi connectivity index (χ1v) is 8.69. The van der Waals surface area contributed by atoms with E-state index in [1.807, 2.05) is 44.2 Å². The average Bonchev–Trinajstić information content (AvgIpc) is 2.60. The summed E-state index contributed by atoms with van der Waals surface area (Å²) in [6.45, 7) is 7.99. The van der Waals surface area contributed by atoms with Crippen LogP contribution in [0.4, 0.5) is 0 Å². The van der Waals surface area contributed by atoms with Gasteiger partial charge in [0.15, 0.2) is 0 Å². The number of benzene rings is 1. The normalized spacial score (nSPS) is 20.1. The highest BCUT2D eigenvalue weighted by Gasteiger charge is 2.39. The van der Waals surface area contributed by atoms with Crippen molar-refractivity contribution in [1.29, 1.82) is 0 Å². The number of hydrogen-bond donors (Lipinski definition) is 0. The molecule has 25 heavy (non-hydrogen) atoms. The highest BCUT2D eigenvalue weighted by Crippen LogP contribution is 2.36. The van der Waals surface area contributed by atoms with E-state index >= 15 is 0 Å². The predicted molar refractivity (Wildman–Crippen MR) is 97.0 cm³/mol. The minimum atomic E-state index is -0.571. The molecule has 134 valence electrons. The first kappa shape index (κ1) is 18.9. The SMILES string of the molecule is CCCOC(=O)C1C(C)=NC(c2ccccc2)=C(C(=O)OCC)C1C. The van der Waals surface area contributed by atoms with Gasteiger partial charge in [-0.1, -0.05) is 44.2 Å². The van der Waals surface area contributed by atoms with Gasteiger partial charge in [0.05, 0.1) is 24.5 Å². The van der Waals surface area contributed by atoms with Crippen molar-refractivity contribution in [2.45, 2.75) is 34.1 Å². The monoisotopic (exact) mass is 343 g/mol. The van der Waals surface area contributed by atoms with Gasteiger partial charge in [0.2, 0.25) is 0 Å². The Hall–Kier alpha value is -2.43. The molecule has 0 radical (unpaired) electrons. The summed E-state index contributed by atoms with van der Waals surface area (Å²) in [6, 6.07) is 9.48. The Bertz CT molecular complexity index is 691. The molecule has 0 aromatic heterocycles. The molecule has 0 fully saturated rings.